The summed E-state index contributed by atoms with van der Waals surface area (Å²) in [6, 6.07) is 13.5. The molecule has 0 radical (unpaired) electrons. The molecule has 37 heavy (non-hydrogen) atoms. The molecular formula is C35H48F2. The lowest BCUT2D eigenvalue weighted by Gasteiger charge is -2.38. The molecule has 3 fully saturated rings. The summed E-state index contributed by atoms with van der Waals surface area (Å²) in [5, 5.41) is 0. The zero-order valence-electron chi connectivity index (χ0n) is 23.1. The molecule has 0 N–H and O–H groups in total. The summed E-state index contributed by atoms with van der Waals surface area (Å²) in [7, 11) is 0. The standard InChI is InChI=1S/C35H48F2/c1-2-3-4-5-25-6-8-30(9-7-25)32-20-23-34(35(37)24-32)31-16-14-28(15-17-31)26-10-12-27(13-11-26)29-18-21-33(36)22-19-29/h18-28,30-31H,2-17H2,1H3. The van der Waals surface area contributed by atoms with Gasteiger partial charge in [0.2, 0.25) is 0 Å². The first-order valence-corrected chi connectivity index (χ1v) is 15.7. The summed E-state index contributed by atoms with van der Waals surface area (Å²) in [4.78, 5) is 0. The number of hydrogen-bond acceptors (Lipinski definition) is 0. The number of unbranched alkanes of at least 4 members (excludes halogenated alkanes) is 2. The van der Waals surface area contributed by atoms with Crippen molar-refractivity contribution >= 4 is 0 Å². The highest BCUT2D eigenvalue weighted by Gasteiger charge is 2.32. The maximum Gasteiger partial charge on any atom is 0.126 e. The van der Waals surface area contributed by atoms with Gasteiger partial charge < -0.3 is 0 Å². The lowest BCUT2D eigenvalue weighted by atomic mass is 9.67. The van der Waals surface area contributed by atoms with E-state index in [0.29, 0.717) is 17.8 Å². The Hall–Kier alpha value is -1.70. The van der Waals surface area contributed by atoms with Gasteiger partial charge in [0.1, 0.15) is 11.6 Å². The maximum atomic E-state index is 15.3. The van der Waals surface area contributed by atoms with Crippen molar-refractivity contribution in [1.29, 1.82) is 0 Å². The van der Waals surface area contributed by atoms with Crippen LogP contribution in [-0.4, -0.2) is 0 Å². The molecule has 0 bridgehead atoms. The summed E-state index contributed by atoms with van der Waals surface area (Å²) in [6.45, 7) is 2.28. The SMILES string of the molecule is CCCCCC1CCC(c2ccc(C3CCC(C4CCC(c5ccc(F)cc5)CC4)CC3)c(F)c2)CC1. The molecule has 0 spiro atoms. The lowest BCUT2D eigenvalue weighted by molar-refractivity contribution is 0.176. The van der Waals surface area contributed by atoms with E-state index >= 15 is 4.39 Å². The molecule has 5 rings (SSSR count). The first-order valence-electron chi connectivity index (χ1n) is 15.7. The van der Waals surface area contributed by atoms with E-state index < -0.39 is 0 Å². The van der Waals surface area contributed by atoms with Crippen LogP contribution in [0.15, 0.2) is 42.5 Å². The fourth-order valence-electron chi connectivity index (χ4n) is 8.16. The third-order valence-electron chi connectivity index (χ3n) is 10.6. The van der Waals surface area contributed by atoms with Crippen molar-refractivity contribution in [1.82, 2.24) is 0 Å². The maximum absolute atomic E-state index is 15.3. The van der Waals surface area contributed by atoms with E-state index in [1.165, 1.54) is 101 Å². The Morgan fingerprint density at radius 1 is 0.595 bits per heavy atom. The molecule has 0 nitrogen and oxygen atoms in total. The molecule has 2 aromatic carbocycles. The molecule has 2 heteroatoms. The molecule has 3 aliphatic rings. The fraction of sp³-hybridized carbons (Fsp3) is 0.657. The summed E-state index contributed by atoms with van der Waals surface area (Å²) in [6.07, 6.45) is 20.4. The molecule has 0 atom stereocenters. The highest BCUT2D eigenvalue weighted by atomic mass is 19.1. The zero-order chi connectivity index (χ0) is 25.6. The predicted octanol–water partition coefficient (Wildman–Crippen LogP) is 11.1. The predicted molar refractivity (Wildman–Crippen MR) is 151 cm³/mol. The van der Waals surface area contributed by atoms with Crippen molar-refractivity contribution < 1.29 is 8.78 Å². The van der Waals surface area contributed by atoms with Crippen LogP contribution >= 0.6 is 0 Å². The Bertz CT molecular complexity index is 955. The lowest BCUT2D eigenvalue weighted by Crippen LogP contribution is -2.25. The highest BCUT2D eigenvalue weighted by molar-refractivity contribution is 5.30. The number of benzene rings is 2. The second-order valence-corrected chi connectivity index (χ2v) is 12.8. The van der Waals surface area contributed by atoms with Crippen LogP contribution in [0.4, 0.5) is 8.78 Å². The van der Waals surface area contributed by atoms with Gasteiger partial charge in [-0.05, 0) is 147 Å². The van der Waals surface area contributed by atoms with Gasteiger partial charge in [0.25, 0.3) is 0 Å². The molecule has 0 aromatic heterocycles. The van der Waals surface area contributed by atoms with E-state index in [4.69, 9.17) is 0 Å². The molecule has 0 amide bonds. The van der Waals surface area contributed by atoms with Crippen LogP contribution < -0.4 is 0 Å². The minimum Gasteiger partial charge on any atom is -0.207 e. The third-order valence-corrected chi connectivity index (χ3v) is 10.6. The minimum atomic E-state index is -0.138. The number of halogens is 2. The van der Waals surface area contributed by atoms with Gasteiger partial charge in [0.05, 0.1) is 0 Å². The molecule has 3 aliphatic carbocycles. The Kier molecular flexibility index (Phi) is 9.37. The number of rotatable bonds is 8. The van der Waals surface area contributed by atoms with Crippen LogP contribution in [0.1, 0.15) is 144 Å². The van der Waals surface area contributed by atoms with E-state index in [1.54, 1.807) is 12.1 Å². The summed E-state index contributed by atoms with van der Waals surface area (Å²) < 4.78 is 28.6. The van der Waals surface area contributed by atoms with Crippen LogP contribution in [0, 0.1) is 29.4 Å². The van der Waals surface area contributed by atoms with Crippen molar-refractivity contribution in [3.05, 3.63) is 70.8 Å². The van der Waals surface area contributed by atoms with E-state index in [1.807, 2.05) is 18.2 Å². The Morgan fingerprint density at radius 2 is 1.14 bits per heavy atom. The Balaban J connectivity index is 1.08. The van der Waals surface area contributed by atoms with E-state index in [9.17, 15) is 4.39 Å². The van der Waals surface area contributed by atoms with E-state index in [-0.39, 0.29) is 11.6 Å². The van der Waals surface area contributed by atoms with Gasteiger partial charge in [0.15, 0.2) is 0 Å². The topological polar surface area (TPSA) is 0 Å². The second kappa shape index (κ2) is 12.9. The van der Waals surface area contributed by atoms with Gasteiger partial charge in [-0.1, -0.05) is 56.9 Å². The Morgan fingerprint density at radius 3 is 1.73 bits per heavy atom. The summed E-state index contributed by atoms with van der Waals surface area (Å²) in [5.74, 6) is 4.01. The van der Waals surface area contributed by atoms with Crippen LogP contribution in [0.3, 0.4) is 0 Å². The first-order chi connectivity index (χ1) is 18.1. The average Bonchev–Trinajstić information content (AvgIpc) is 2.94. The first kappa shape index (κ1) is 26.9. The van der Waals surface area contributed by atoms with Crippen LogP contribution in [0.2, 0.25) is 0 Å². The smallest absolute Gasteiger partial charge is 0.126 e. The zero-order valence-corrected chi connectivity index (χ0v) is 23.1. The van der Waals surface area contributed by atoms with Crippen LogP contribution in [0.25, 0.3) is 0 Å². The van der Waals surface area contributed by atoms with Crippen LogP contribution in [-0.2, 0) is 0 Å². The molecule has 202 valence electrons. The summed E-state index contributed by atoms with van der Waals surface area (Å²) in [5.41, 5.74) is 3.54. The average molecular weight is 507 g/mol. The highest BCUT2D eigenvalue weighted by Crippen LogP contribution is 2.46. The van der Waals surface area contributed by atoms with Gasteiger partial charge >= 0.3 is 0 Å². The third kappa shape index (κ3) is 6.85. The molecule has 0 aliphatic heterocycles. The van der Waals surface area contributed by atoms with Crippen molar-refractivity contribution in [3.63, 3.8) is 0 Å². The van der Waals surface area contributed by atoms with Crippen molar-refractivity contribution in [2.24, 2.45) is 17.8 Å². The second-order valence-electron chi connectivity index (χ2n) is 12.8. The minimum absolute atomic E-state index is 0.0609. The Labute approximate surface area is 224 Å². The normalized spacial score (nSPS) is 30.8. The van der Waals surface area contributed by atoms with Gasteiger partial charge in [-0.2, -0.15) is 0 Å². The molecule has 0 heterocycles. The summed E-state index contributed by atoms with van der Waals surface area (Å²) >= 11 is 0. The molecular weight excluding hydrogens is 458 g/mol. The van der Waals surface area contributed by atoms with E-state index in [0.717, 1.165) is 36.2 Å². The molecule has 3 saturated carbocycles. The van der Waals surface area contributed by atoms with Crippen LogP contribution in [0.5, 0.6) is 0 Å². The largest absolute Gasteiger partial charge is 0.207 e. The van der Waals surface area contributed by atoms with Crippen molar-refractivity contribution in [2.75, 3.05) is 0 Å². The van der Waals surface area contributed by atoms with Gasteiger partial charge in [0, 0.05) is 0 Å². The fourth-order valence-corrected chi connectivity index (χ4v) is 8.16. The number of hydrogen-bond donors (Lipinski definition) is 0. The quantitative estimate of drug-likeness (QED) is 0.312. The molecule has 0 saturated heterocycles. The van der Waals surface area contributed by atoms with Crippen molar-refractivity contribution in [2.45, 2.75) is 127 Å². The van der Waals surface area contributed by atoms with Gasteiger partial charge in [-0.15, -0.1) is 0 Å². The molecule has 0 unspecified atom stereocenters. The monoisotopic (exact) mass is 506 g/mol. The van der Waals surface area contributed by atoms with E-state index in [2.05, 4.69) is 19.1 Å². The van der Waals surface area contributed by atoms with Gasteiger partial charge in [-0.3, -0.25) is 0 Å². The van der Waals surface area contributed by atoms with Crippen molar-refractivity contribution in [3.8, 4) is 0 Å². The molecule has 2 aromatic rings. The van der Waals surface area contributed by atoms with Gasteiger partial charge in [-0.25, -0.2) is 8.78 Å².